The Balaban J connectivity index is 1.56. The van der Waals surface area contributed by atoms with E-state index in [0.29, 0.717) is 37.5 Å². The van der Waals surface area contributed by atoms with Gasteiger partial charge in [-0.15, -0.1) is 0 Å². The van der Waals surface area contributed by atoms with Crippen LogP contribution in [0.3, 0.4) is 0 Å². The Hall–Kier alpha value is -2.97. The van der Waals surface area contributed by atoms with Crippen molar-refractivity contribution < 1.29 is 17.6 Å². The Morgan fingerprint density at radius 2 is 1.68 bits per heavy atom. The Bertz CT molecular complexity index is 1120. The van der Waals surface area contributed by atoms with Crippen LogP contribution in [-0.4, -0.2) is 43.2 Å². The fraction of sp³-hybridized carbons (Fsp3) is 0.304. The number of hydrogen-bond donors (Lipinski definition) is 1. The third kappa shape index (κ3) is 5.39. The summed E-state index contributed by atoms with van der Waals surface area (Å²) < 4.78 is 32.0. The average molecular weight is 442 g/mol. The summed E-state index contributed by atoms with van der Waals surface area (Å²) in [6, 6.07) is 13.9. The van der Waals surface area contributed by atoms with E-state index in [1.54, 1.807) is 20.1 Å². The molecule has 3 rings (SSSR count). The summed E-state index contributed by atoms with van der Waals surface area (Å²) in [6.07, 6.45) is 2.11. The lowest BCUT2D eigenvalue weighted by atomic mass is 10.1. The van der Waals surface area contributed by atoms with Crippen molar-refractivity contribution in [3.05, 3.63) is 71.6 Å². The SMILES string of the molecule is CCN(CC)S(=O)(=O)c1ccc(C(=O)NCCc2coc(-c3ccc(C)cc3)n2)cc1. The molecule has 31 heavy (non-hydrogen) atoms. The van der Waals surface area contributed by atoms with Crippen molar-refractivity contribution in [3.8, 4) is 11.5 Å². The Labute approximate surface area is 183 Å². The smallest absolute Gasteiger partial charge is 0.251 e. The normalized spacial score (nSPS) is 11.6. The molecule has 1 heterocycles. The molecule has 0 atom stereocenters. The van der Waals surface area contributed by atoms with Crippen molar-refractivity contribution in [2.75, 3.05) is 19.6 Å². The highest BCUT2D eigenvalue weighted by molar-refractivity contribution is 7.89. The van der Waals surface area contributed by atoms with Gasteiger partial charge in [0.1, 0.15) is 6.26 Å². The number of carbonyl (C=O) groups excluding carboxylic acids is 1. The topological polar surface area (TPSA) is 92.5 Å². The van der Waals surface area contributed by atoms with Gasteiger partial charge in [-0.05, 0) is 43.3 Å². The quantitative estimate of drug-likeness (QED) is 0.547. The standard InChI is InChI=1S/C23H27N3O4S/c1-4-26(5-2)31(28,29)21-12-10-18(11-13-21)22(27)24-15-14-20-16-30-23(25-20)19-8-6-17(3)7-9-19/h6-13,16H,4-5,14-15H2,1-3H3,(H,24,27). The molecule has 0 bridgehead atoms. The van der Waals surface area contributed by atoms with Crippen LogP contribution in [0.1, 0.15) is 35.5 Å². The predicted octanol–water partition coefficient (Wildman–Crippen LogP) is 3.65. The monoisotopic (exact) mass is 441 g/mol. The van der Waals surface area contributed by atoms with Gasteiger partial charge < -0.3 is 9.73 Å². The van der Waals surface area contributed by atoms with Crippen LogP contribution in [0.25, 0.3) is 11.5 Å². The minimum atomic E-state index is -3.54. The highest BCUT2D eigenvalue weighted by atomic mass is 32.2. The molecule has 0 aliphatic heterocycles. The van der Waals surface area contributed by atoms with Crippen molar-refractivity contribution in [1.82, 2.24) is 14.6 Å². The molecule has 164 valence electrons. The molecule has 0 spiro atoms. The molecule has 0 aliphatic carbocycles. The van der Waals surface area contributed by atoms with Gasteiger partial charge in [0.25, 0.3) is 5.91 Å². The first kappa shape index (κ1) is 22.7. The highest BCUT2D eigenvalue weighted by Gasteiger charge is 2.21. The van der Waals surface area contributed by atoms with Gasteiger partial charge in [0.05, 0.1) is 10.6 Å². The lowest BCUT2D eigenvalue weighted by Gasteiger charge is -2.18. The molecule has 2 aromatic carbocycles. The van der Waals surface area contributed by atoms with E-state index in [-0.39, 0.29) is 10.8 Å². The highest BCUT2D eigenvalue weighted by Crippen LogP contribution is 2.19. The molecule has 1 N–H and O–H groups in total. The number of amides is 1. The minimum Gasteiger partial charge on any atom is -0.444 e. The lowest BCUT2D eigenvalue weighted by molar-refractivity contribution is 0.0954. The van der Waals surface area contributed by atoms with Gasteiger partial charge in [0, 0.05) is 37.2 Å². The molecule has 8 heteroatoms. The zero-order valence-corrected chi connectivity index (χ0v) is 18.8. The van der Waals surface area contributed by atoms with Crippen LogP contribution in [0.4, 0.5) is 0 Å². The number of benzene rings is 2. The first-order chi connectivity index (χ1) is 14.8. The van der Waals surface area contributed by atoms with Gasteiger partial charge >= 0.3 is 0 Å². The fourth-order valence-corrected chi connectivity index (χ4v) is 4.61. The summed E-state index contributed by atoms with van der Waals surface area (Å²) in [4.78, 5) is 17.0. The van der Waals surface area contributed by atoms with Gasteiger partial charge in [-0.25, -0.2) is 13.4 Å². The zero-order valence-electron chi connectivity index (χ0n) is 18.0. The van der Waals surface area contributed by atoms with Gasteiger partial charge in [0.15, 0.2) is 0 Å². The summed E-state index contributed by atoms with van der Waals surface area (Å²) in [5.41, 5.74) is 3.22. The van der Waals surface area contributed by atoms with E-state index < -0.39 is 10.0 Å². The van der Waals surface area contributed by atoms with Gasteiger partial charge in [0.2, 0.25) is 15.9 Å². The van der Waals surface area contributed by atoms with Crippen LogP contribution in [0.2, 0.25) is 0 Å². The largest absolute Gasteiger partial charge is 0.444 e. The van der Waals surface area contributed by atoms with E-state index in [2.05, 4.69) is 10.3 Å². The van der Waals surface area contributed by atoms with Gasteiger partial charge in [-0.3, -0.25) is 4.79 Å². The number of oxazole rings is 1. The number of sulfonamides is 1. The van der Waals surface area contributed by atoms with Crippen LogP contribution >= 0.6 is 0 Å². The van der Waals surface area contributed by atoms with Crippen molar-refractivity contribution in [3.63, 3.8) is 0 Å². The Kier molecular flexibility index (Phi) is 7.25. The first-order valence-electron chi connectivity index (χ1n) is 10.2. The number of carbonyl (C=O) groups is 1. The molecule has 1 aromatic heterocycles. The molecule has 0 saturated heterocycles. The minimum absolute atomic E-state index is 0.180. The summed E-state index contributed by atoms with van der Waals surface area (Å²) in [6.45, 7) is 6.79. The fourth-order valence-electron chi connectivity index (χ4n) is 3.15. The van der Waals surface area contributed by atoms with Crippen molar-refractivity contribution >= 4 is 15.9 Å². The number of rotatable bonds is 9. The number of hydrogen-bond acceptors (Lipinski definition) is 5. The van der Waals surface area contributed by atoms with E-state index in [1.807, 2.05) is 31.2 Å². The predicted molar refractivity (Wildman–Crippen MR) is 119 cm³/mol. The van der Waals surface area contributed by atoms with Crippen LogP contribution < -0.4 is 5.32 Å². The van der Waals surface area contributed by atoms with Gasteiger partial charge in [-0.1, -0.05) is 31.5 Å². The molecule has 0 unspecified atom stereocenters. The molecule has 7 nitrogen and oxygen atoms in total. The van der Waals surface area contributed by atoms with E-state index in [0.717, 1.165) is 16.8 Å². The number of aromatic nitrogens is 1. The first-order valence-corrected chi connectivity index (χ1v) is 11.7. The number of nitrogens with one attached hydrogen (secondary N) is 1. The van der Waals surface area contributed by atoms with Crippen LogP contribution in [-0.2, 0) is 16.4 Å². The summed E-state index contributed by atoms with van der Waals surface area (Å²) in [5.74, 6) is 0.278. The van der Waals surface area contributed by atoms with Crippen LogP contribution in [0, 0.1) is 6.92 Å². The van der Waals surface area contributed by atoms with Crippen molar-refractivity contribution in [1.29, 1.82) is 0 Å². The zero-order chi connectivity index (χ0) is 22.4. The maximum atomic E-state index is 12.5. The van der Waals surface area contributed by atoms with E-state index in [9.17, 15) is 13.2 Å². The van der Waals surface area contributed by atoms with E-state index in [4.69, 9.17) is 4.42 Å². The second-order valence-corrected chi connectivity index (χ2v) is 9.07. The lowest BCUT2D eigenvalue weighted by Crippen LogP contribution is -2.30. The summed E-state index contributed by atoms with van der Waals surface area (Å²) in [7, 11) is -3.54. The molecule has 0 fully saturated rings. The Morgan fingerprint density at radius 1 is 1.03 bits per heavy atom. The number of nitrogens with zero attached hydrogens (tertiary/aromatic N) is 2. The maximum Gasteiger partial charge on any atom is 0.251 e. The average Bonchev–Trinajstić information content (AvgIpc) is 3.24. The van der Waals surface area contributed by atoms with E-state index >= 15 is 0 Å². The van der Waals surface area contributed by atoms with Crippen molar-refractivity contribution in [2.24, 2.45) is 0 Å². The van der Waals surface area contributed by atoms with Crippen LogP contribution in [0.5, 0.6) is 0 Å². The molecule has 1 amide bonds. The van der Waals surface area contributed by atoms with E-state index in [1.165, 1.54) is 28.6 Å². The molecule has 3 aromatic rings. The molecular formula is C23H27N3O4S. The molecule has 0 aliphatic rings. The molecule has 0 radical (unpaired) electrons. The summed E-state index contributed by atoms with van der Waals surface area (Å²) in [5, 5.41) is 2.83. The van der Waals surface area contributed by atoms with Crippen molar-refractivity contribution in [2.45, 2.75) is 32.1 Å². The second-order valence-electron chi connectivity index (χ2n) is 7.13. The third-order valence-corrected chi connectivity index (χ3v) is 7.04. The summed E-state index contributed by atoms with van der Waals surface area (Å²) >= 11 is 0. The molecular weight excluding hydrogens is 414 g/mol. The number of aryl methyl sites for hydroxylation is 1. The molecule has 0 saturated carbocycles. The van der Waals surface area contributed by atoms with Crippen LogP contribution in [0.15, 0.2) is 64.1 Å². The maximum absolute atomic E-state index is 12.5. The second kappa shape index (κ2) is 9.89. The third-order valence-electron chi connectivity index (χ3n) is 4.98. The van der Waals surface area contributed by atoms with Gasteiger partial charge in [-0.2, -0.15) is 4.31 Å². The Morgan fingerprint density at radius 3 is 2.29 bits per heavy atom.